The molecule has 0 saturated heterocycles. The average molecular weight is 340 g/mol. The van der Waals surface area contributed by atoms with E-state index in [2.05, 4.69) is 20.4 Å². The number of nitrogens with zero attached hydrogens (tertiary/aromatic N) is 4. The lowest BCUT2D eigenvalue weighted by atomic mass is 10.1. The number of anilines is 2. The van der Waals surface area contributed by atoms with Crippen molar-refractivity contribution < 1.29 is 14.6 Å². The SMILES string of the molecule is COC(=O)c1c(C)nc(Cl)nc1Nc1cnn(CC(C)(C)O)c1. The number of carbonyl (C=O) groups is 1. The van der Waals surface area contributed by atoms with E-state index in [4.69, 9.17) is 16.3 Å². The van der Waals surface area contributed by atoms with E-state index in [0.29, 0.717) is 17.9 Å². The van der Waals surface area contributed by atoms with E-state index in [1.165, 1.54) is 7.11 Å². The molecule has 0 bridgehead atoms. The first-order valence-corrected chi connectivity index (χ1v) is 7.22. The summed E-state index contributed by atoms with van der Waals surface area (Å²) in [7, 11) is 1.28. The van der Waals surface area contributed by atoms with E-state index >= 15 is 0 Å². The Kier molecular flexibility index (Phi) is 4.86. The lowest BCUT2D eigenvalue weighted by molar-refractivity contribution is 0.0575. The molecule has 0 aliphatic rings. The first kappa shape index (κ1) is 17.2. The summed E-state index contributed by atoms with van der Waals surface area (Å²) in [5.41, 5.74) is 0.305. The van der Waals surface area contributed by atoms with Crippen molar-refractivity contribution in [1.29, 1.82) is 0 Å². The Bertz CT molecular complexity index is 724. The van der Waals surface area contributed by atoms with Gasteiger partial charge >= 0.3 is 5.97 Å². The van der Waals surface area contributed by atoms with Crippen LogP contribution in [0.15, 0.2) is 12.4 Å². The molecule has 0 spiro atoms. The van der Waals surface area contributed by atoms with Crippen LogP contribution in [0.5, 0.6) is 0 Å². The highest BCUT2D eigenvalue weighted by Gasteiger charge is 2.20. The highest BCUT2D eigenvalue weighted by Crippen LogP contribution is 2.23. The summed E-state index contributed by atoms with van der Waals surface area (Å²) < 4.78 is 6.33. The van der Waals surface area contributed by atoms with Crippen molar-refractivity contribution in [3.05, 3.63) is 28.9 Å². The first-order chi connectivity index (χ1) is 10.7. The third-order valence-electron chi connectivity index (χ3n) is 2.90. The molecule has 124 valence electrons. The predicted octanol–water partition coefficient (Wildman–Crippen LogP) is 1.94. The molecule has 2 aromatic rings. The van der Waals surface area contributed by atoms with Crippen molar-refractivity contribution in [2.24, 2.45) is 0 Å². The number of nitrogens with one attached hydrogen (secondary N) is 1. The fraction of sp³-hybridized carbons (Fsp3) is 0.429. The Balaban J connectivity index is 2.31. The van der Waals surface area contributed by atoms with E-state index < -0.39 is 11.6 Å². The van der Waals surface area contributed by atoms with Crippen molar-refractivity contribution in [1.82, 2.24) is 19.7 Å². The van der Waals surface area contributed by atoms with Gasteiger partial charge in [-0.2, -0.15) is 10.1 Å². The molecule has 0 aliphatic heterocycles. The lowest BCUT2D eigenvalue weighted by Crippen LogP contribution is -2.26. The molecule has 8 nitrogen and oxygen atoms in total. The first-order valence-electron chi connectivity index (χ1n) is 6.84. The summed E-state index contributed by atoms with van der Waals surface area (Å²) >= 11 is 5.86. The molecule has 0 aromatic carbocycles. The molecule has 23 heavy (non-hydrogen) atoms. The summed E-state index contributed by atoms with van der Waals surface area (Å²) in [5, 5.41) is 16.9. The molecule has 9 heteroatoms. The Morgan fingerprint density at radius 2 is 2.17 bits per heavy atom. The zero-order valence-corrected chi connectivity index (χ0v) is 14.0. The maximum atomic E-state index is 11.9. The summed E-state index contributed by atoms with van der Waals surface area (Å²) in [6.07, 6.45) is 3.24. The van der Waals surface area contributed by atoms with E-state index in [-0.39, 0.29) is 16.7 Å². The van der Waals surface area contributed by atoms with Crippen molar-refractivity contribution in [3.8, 4) is 0 Å². The molecule has 0 radical (unpaired) electrons. The van der Waals surface area contributed by atoms with Crippen molar-refractivity contribution in [2.75, 3.05) is 12.4 Å². The lowest BCUT2D eigenvalue weighted by Gasteiger charge is -2.16. The molecule has 2 N–H and O–H groups in total. The minimum atomic E-state index is -0.894. The molecule has 0 saturated carbocycles. The van der Waals surface area contributed by atoms with Crippen LogP contribution in [0.4, 0.5) is 11.5 Å². The van der Waals surface area contributed by atoms with Gasteiger partial charge in [-0.15, -0.1) is 0 Å². The normalized spacial score (nSPS) is 11.4. The van der Waals surface area contributed by atoms with Crippen LogP contribution >= 0.6 is 11.6 Å². The second-order valence-corrected chi connectivity index (χ2v) is 6.00. The van der Waals surface area contributed by atoms with E-state index in [9.17, 15) is 9.90 Å². The van der Waals surface area contributed by atoms with Crippen LogP contribution < -0.4 is 5.32 Å². The summed E-state index contributed by atoms with van der Waals surface area (Å²) in [6, 6.07) is 0. The third-order valence-corrected chi connectivity index (χ3v) is 3.07. The van der Waals surface area contributed by atoms with Gasteiger partial charge in [0, 0.05) is 6.20 Å². The van der Waals surface area contributed by atoms with E-state index in [0.717, 1.165) is 0 Å². The fourth-order valence-corrected chi connectivity index (χ4v) is 2.23. The molecule has 2 rings (SSSR count). The standard InChI is InChI=1S/C14H18ClN5O3/c1-8-10(12(21)23-4)11(19-13(15)17-8)18-9-5-16-20(6-9)7-14(2,3)22/h5-6,22H,7H2,1-4H3,(H,17,18,19). The molecule has 2 heterocycles. The molecule has 0 fully saturated rings. The second-order valence-electron chi connectivity index (χ2n) is 5.66. The molecule has 0 unspecified atom stereocenters. The number of aryl methyl sites for hydroxylation is 1. The van der Waals surface area contributed by atoms with E-state index in [1.807, 2.05) is 0 Å². The number of halogens is 1. The molecule has 0 atom stereocenters. The zero-order valence-electron chi connectivity index (χ0n) is 13.3. The Morgan fingerprint density at radius 3 is 2.78 bits per heavy atom. The number of hydrogen-bond donors (Lipinski definition) is 2. The maximum Gasteiger partial charge on any atom is 0.343 e. The van der Waals surface area contributed by atoms with Crippen LogP contribution in [0.25, 0.3) is 0 Å². The number of aliphatic hydroxyl groups is 1. The highest BCUT2D eigenvalue weighted by atomic mass is 35.5. The molecule has 0 aliphatic carbocycles. The summed E-state index contributed by atoms with van der Waals surface area (Å²) in [6.45, 7) is 5.33. The van der Waals surface area contributed by atoms with Gasteiger partial charge in [0.1, 0.15) is 11.4 Å². The van der Waals surface area contributed by atoms with Gasteiger partial charge in [0.15, 0.2) is 0 Å². The van der Waals surface area contributed by atoms with Gasteiger partial charge in [-0.1, -0.05) is 0 Å². The number of carbonyl (C=O) groups excluding carboxylic acids is 1. The van der Waals surface area contributed by atoms with Gasteiger partial charge in [-0.3, -0.25) is 4.68 Å². The minimum Gasteiger partial charge on any atom is -0.465 e. The van der Waals surface area contributed by atoms with Gasteiger partial charge in [0.05, 0.1) is 36.8 Å². The quantitative estimate of drug-likeness (QED) is 0.633. The van der Waals surface area contributed by atoms with Gasteiger partial charge < -0.3 is 15.2 Å². The number of aromatic nitrogens is 4. The van der Waals surface area contributed by atoms with Crippen LogP contribution in [0.3, 0.4) is 0 Å². The smallest absolute Gasteiger partial charge is 0.343 e. The average Bonchev–Trinajstić information content (AvgIpc) is 2.82. The molecule has 0 amide bonds. The topological polar surface area (TPSA) is 102 Å². The fourth-order valence-electron chi connectivity index (χ4n) is 2.02. The van der Waals surface area contributed by atoms with Crippen LogP contribution in [0.2, 0.25) is 5.28 Å². The largest absolute Gasteiger partial charge is 0.465 e. The number of ether oxygens (including phenoxy) is 1. The Labute approximate surface area is 138 Å². The summed E-state index contributed by atoms with van der Waals surface area (Å²) in [5.74, 6) is -0.331. The van der Waals surface area contributed by atoms with Crippen molar-refractivity contribution >= 4 is 29.1 Å². The van der Waals surface area contributed by atoms with Crippen molar-refractivity contribution in [2.45, 2.75) is 32.9 Å². The zero-order chi connectivity index (χ0) is 17.2. The van der Waals surface area contributed by atoms with E-state index in [1.54, 1.807) is 37.8 Å². The Morgan fingerprint density at radius 1 is 1.48 bits per heavy atom. The number of rotatable bonds is 5. The van der Waals surface area contributed by atoms with Crippen LogP contribution in [0.1, 0.15) is 29.9 Å². The van der Waals surface area contributed by atoms with Gasteiger partial charge in [0.25, 0.3) is 0 Å². The number of esters is 1. The van der Waals surface area contributed by atoms with Crippen LogP contribution in [-0.2, 0) is 11.3 Å². The monoisotopic (exact) mass is 339 g/mol. The van der Waals surface area contributed by atoms with Crippen LogP contribution in [0, 0.1) is 6.92 Å². The Hall–Kier alpha value is -2.19. The maximum absolute atomic E-state index is 11.9. The molecule has 2 aromatic heterocycles. The molecular weight excluding hydrogens is 322 g/mol. The third kappa shape index (κ3) is 4.40. The van der Waals surface area contributed by atoms with Gasteiger partial charge in [0.2, 0.25) is 5.28 Å². The van der Waals surface area contributed by atoms with Crippen LogP contribution in [-0.4, -0.2) is 43.5 Å². The number of methoxy groups -OCH3 is 1. The number of hydrogen-bond acceptors (Lipinski definition) is 7. The second kappa shape index (κ2) is 6.51. The minimum absolute atomic E-state index is 0.0153. The predicted molar refractivity (Wildman–Crippen MR) is 84.9 cm³/mol. The van der Waals surface area contributed by atoms with Gasteiger partial charge in [-0.05, 0) is 32.4 Å². The van der Waals surface area contributed by atoms with Gasteiger partial charge in [-0.25, -0.2) is 9.78 Å². The highest BCUT2D eigenvalue weighted by molar-refractivity contribution is 6.28. The van der Waals surface area contributed by atoms with Crippen molar-refractivity contribution in [3.63, 3.8) is 0 Å². The molecular formula is C14H18ClN5O3. The summed E-state index contributed by atoms with van der Waals surface area (Å²) in [4.78, 5) is 19.9.